The summed E-state index contributed by atoms with van der Waals surface area (Å²) in [6.45, 7) is 4.75. The summed E-state index contributed by atoms with van der Waals surface area (Å²) in [5, 5.41) is 0.498. The summed E-state index contributed by atoms with van der Waals surface area (Å²) in [7, 11) is 0. The molecule has 0 bridgehead atoms. The van der Waals surface area contributed by atoms with Gasteiger partial charge in [0.2, 0.25) is 5.76 Å². The topological polar surface area (TPSA) is 75.9 Å². The van der Waals surface area contributed by atoms with E-state index < -0.39 is 6.04 Å². The first kappa shape index (κ1) is 19.0. The van der Waals surface area contributed by atoms with Gasteiger partial charge in [-0.1, -0.05) is 12.1 Å². The summed E-state index contributed by atoms with van der Waals surface area (Å²) < 4.78 is 11.3. The van der Waals surface area contributed by atoms with E-state index in [-0.39, 0.29) is 17.1 Å². The zero-order valence-electron chi connectivity index (χ0n) is 16.6. The highest BCUT2D eigenvalue weighted by Crippen LogP contribution is 2.37. The van der Waals surface area contributed by atoms with Gasteiger partial charge in [-0.2, -0.15) is 0 Å². The van der Waals surface area contributed by atoms with Gasteiger partial charge in [-0.3, -0.25) is 19.5 Å². The molecule has 154 valence electrons. The number of ether oxygens (including phenoxy) is 1. The molecule has 1 amide bonds. The predicted molar refractivity (Wildman–Crippen MR) is 111 cm³/mol. The number of carbonyl (C=O) groups excluding carboxylic acids is 1. The summed E-state index contributed by atoms with van der Waals surface area (Å²) in [5.41, 5.74) is 1.60. The highest BCUT2D eigenvalue weighted by molar-refractivity contribution is 5.99. The van der Waals surface area contributed by atoms with Crippen molar-refractivity contribution in [3.63, 3.8) is 0 Å². The molecule has 3 aromatic rings. The minimum Gasteiger partial charge on any atom is -0.450 e. The Bertz CT molecular complexity index is 1120. The molecule has 2 aromatic heterocycles. The van der Waals surface area contributed by atoms with Gasteiger partial charge in [-0.05, 0) is 36.2 Å². The van der Waals surface area contributed by atoms with E-state index in [1.54, 1.807) is 35.5 Å². The number of carbonyl (C=O) groups is 1. The van der Waals surface area contributed by atoms with E-state index in [4.69, 9.17) is 9.15 Å². The zero-order valence-corrected chi connectivity index (χ0v) is 16.6. The Kier molecular flexibility index (Phi) is 5.06. The van der Waals surface area contributed by atoms with Crippen molar-refractivity contribution in [2.75, 3.05) is 39.4 Å². The van der Waals surface area contributed by atoms with Crippen LogP contribution in [-0.2, 0) is 4.74 Å². The Balaban J connectivity index is 1.51. The number of amides is 1. The molecule has 5 rings (SSSR count). The van der Waals surface area contributed by atoms with Crippen LogP contribution in [0.4, 0.5) is 0 Å². The molecule has 1 fully saturated rings. The average molecular weight is 405 g/mol. The Morgan fingerprint density at radius 1 is 1.00 bits per heavy atom. The Labute approximate surface area is 173 Å². The first-order chi connectivity index (χ1) is 14.7. The van der Waals surface area contributed by atoms with Crippen molar-refractivity contribution in [3.05, 3.63) is 75.9 Å². The molecule has 0 unspecified atom stereocenters. The lowest BCUT2D eigenvalue weighted by atomic mass is 9.99. The van der Waals surface area contributed by atoms with Crippen LogP contribution in [0.5, 0.6) is 0 Å². The van der Waals surface area contributed by atoms with Gasteiger partial charge in [-0.15, -0.1) is 0 Å². The quantitative estimate of drug-likeness (QED) is 0.649. The highest BCUT2D eigenvalue weighted by atomic mass is 16.5. The molecule has 7 nitrogen and oxygen atoms in total. The molecule has 0 radical (unpaired) electrons. The van der Waals surface area contributed by atoms with Gasteiger partial charge in [0, 0.05) is 38.6 Å². The summed E-state index contributed by atoms with van der Waals surface area (Å²) in [6.07, 6.45) is 4.19. The number of pyridine rings is 1. The predicted octanol–water partition coefficient (Wildman–Crippen LogP) is 2.46. The third-order valence-electron chi connectivity index (χ3n) is 5.87. The van der Waals surface area contributed by atoms with Crippen molar-refractivity contribution in [3.8, 4) is 0 Å². The standard InChI is InChI=1S/C23H23N3O4/c27-21-17-4-1-2-5-18(17)30-22-19(21)20(16-6-8-24-9-7-16)26(23(22)28)11-3-10-25-12-14-29-15-13-25/h1-2,4-9,20H,3,10-15H2/t20-/m1/s1. The number of nitrogens with zero attached hydrogens (tertiary/aromatic N) is 3. The summed E-state index contributed by atoms with van der Waals surface area (Å²) in [6, 6.07) is 10.3. The van der Waals surface area contributed by atoms with Crippen LogP contribution in [0.15, 0.2) is 58.0 Å². The maximum atomic E-state index is 13.3. The monoisotopic (exact) mass is 405 g/mol. The minimum absolute atomic E-state index is 0.141. The molecule has 30 heavy (non-hydrogen) atoms. The first-order valence-corrected chi connectivity index (χ1v) is 10.3. The van der Waals surface area contributed by atoms with E-state index >= 15 is 0 Å². The van der Waals surface area contributed by atoms with E-state index in [0.717, 1.165) is 44.8 Å². The summed E-state index contributed by atoms with van der Waals surface area (Å²) >= 11 is 0. The van der Waals surface area contributed by atoms with Crippen molar-refractivity contribution in [2.24, 2.45) is 0 Å². The van der Waals surface area contributed by atoms with Crippen molar-refractivity contribution in [1.29, 1.82) is 0 Å². The number of benzene rings is 1. The molecule has 1 atom stereocenters. The molecule has 2 aliphatic heterocycles. The first-order valence-electron chi connectivity index (χ1n) is 10.3. The van der Waals surface area contributed by atoms with Crippen molar-refractivity contribution in [1.82, 2.24) is 14.8 Å². The second-order valence-corrected chi connectivity index (χ2v) is 7.66. The maximum absolute atomic E-state index is 13.3. The Hall–Kier alpha value is -3.03. The van der Waals surface area contributed by atoms with E-state index in [0.29, 0.717) is 23.1 Å². The molecule has 2 aliphatic rings. The van der Waals surface area contributed by atoms with E-state index in [9.17, 15) is 9.59 Å². The molecular formula is C23H23N3O4. The number of hydrogen-bond donors (Lipinski definition) is 0. The molecule has 0 aliphatic carbocycles. The van der Waals surface area contributed by atoms with Crippen molar-refractivity contribution >= 4 is 16.9 Å². The van der Waals surface area contributed by atoms with Gasteiger partial charge in [0.05, 0.1) is 30.2 Å². The third-order valence-corrected chi connectivity index (χ3v) is 5.87. The molecule has 0 spiro atoms. The molecule has 4 heterocycles. The zero-order chi connectivity index (χ0) is 20.5. The lowest BCUT2D eigenvalue weighted by Crippen LogP contribution is -2.38. The van der Waals surface area contributed by atoms with E-state index in [1.807, 2.05) is 18.2 Å². The Morgan fingerprint density at radius 3 is 2.57 bits per heavy atom. The third kappa shape index (κ3) is 3.30. The fourth-order valence-electron chi connectivity index (χ4n) is 4.38. The molecule has 1 aromatic carbocycles. The molecule has 0 N–H and O–H groups in total. The van der Waals surface area contributed by atoms with E-state index in [2.05, 4.69) is 9.88 Å². The van der Waals surface area contributed by atoms with Crippen molar-refractivity contribution < 1.29 is 13.9 Å². The number of morpholine rings is 1. The van der Waals surface area contributed by atoms with Gasteiger partial charge in [0.15, 0.2) is 5.43 Å². The van der Waals surface area contributed by atoms with Crippen LogP contribution in [0.25, 0.3) is 11.0 Å². The van der Waals surface area contributed by atoms with E-state index in [1.165, 1.54) is 0 Å². The van der Waals surface area contributed by atoms with Gasteiger partial charge in [0.1, 0.15) is 5.58 Å². The van der Waals surface area contributed by atoms with Crippen LogP contribution in [0.3, 0.4) is 0 Å². The second kappa shape index (κ2) is 8.01. The number of hydrogen-bond acceptors (Lipinski definition) is 6. The Morgan fingerprint density at radius 2 is 1.77 bits per heavy atom. The smallest absolute Gasteiger partial charge is 0.290 e. The number of rotatable bonds is 5. The lowest BCUT2D eigenvalue weighted by Gasteiger charge is -2.29. The molecule has 0 saturated carbocycles. The summed E-state index contributed by atoms with van der Waals surface area (Å²) in [4.78, 5) is 34.8. The molecule has 1 saturated heterocycles. The van der Waals surface area contributed by atoms with Crippen LogP contribution in [0, 0.1) is 0 Å². The average Bonchev–Trinajstić information content (AvgIpc) is 3.07. The number of fused-ring (bicyclic) bond motifs is 2. The lowest BCUT2D eigenvalue weighted by molar-refractivity contribution is 0.0353. The van der Waals surface area contributed by atoms with Crippen LogP contribution in [0.2, 0.25) is 0 Å². The van der Waals surface area contributed by atoms with Crippen LogP contribution < -0.4 is 5.43 Å². The van der Waals surface area contributed by atoms with Crippen molar-refractivity contribution in [2.45, 2.75) is 12.5 Å². The maximum Gasteiger partial charge on any atom is 0.290 e. The SMILES string of the molecule is O=C1c2oc3ccccc3c(=O)c2[C@@H](c2ccncc2)N1CCCN1CCOCC1. The van der Waals surface area contributed by atoms with Gasteiger partial charge < -0.3 is 14.1 Å². The fourth-order valence-corrected chi connectivity index (χ4v) is 4.38. The number of para-hydroxylation sites is 1. The highest BCUT2D eigenvalue weighted by Gasteiger charge is 2.42. The van der Waals surface area contributed by atoms with Crippen LogP contribution in [-0.4, -0.2) is 60.1 Å². The van der Waals surface area contributed by atoms with Gasteiger partial charge in [-0.25, -0.2) is 0 Å². The molecular weight excluding hydrogens is 382 g/mol. The van der Waals surface area contributed by atoms with Gasteiger partial charge >= 0.3 is 0 Å². The van der Waals surface area contributed by atoms with Gasteiger partial charge in [0.25, 0.3) is 5.91 Å². The van der Waals surface area contributed by atoms with Crippen LogP contribution in [0.1, 0.15) is 34.1 Å². The second-order valence-electron chi connectivity index (χ2n) is 7.66. The fraction of sp³-hybridized carbons (Fsp3) is 0.348. The largest absolute Gasteiger partial charge is 0.450 e. The molecule has 7 heteroatoms. The number of aromatic nitrogens is 1. The summed E-state index contributed by atoms with van der Waals surface area (Å²) in [5.74, 6) is -0.0662. The van der Waals surface area contributed by atoms with Crippen LogP contribution >= 0.6 is 0 Å². The minimum atomic E-state index is -0.457. The normalized spacial score (nSPS) is 19.4.